The molecule has 2 aliphatic carbocycles. The summed E-state index contributed by atoms with van der Waals surface area (Å²) in [4.78, 5) is 0. The molecule has 2 unspecified atom stereocenters. The van der Waals surface area contributed by atoms with Crippen molar-refractivity contribution in [2.24, 2.45) is 23.7 Å². The standard InChI is InChI=1S/C9H15N/c1-6-2-8-5-10-4-7(1)9(8)3-6/h6-10H,1-5H2. The maximum Gasteiger partial charge on any atom is -0.00175 e. The van der Waals surface area contributed by atoms with Crippen LogP contribution in [0.2, 0.25) is 0 Å². The van der Waals surface area contributed by atoms with Gasteiger partial charge in [-0.3, -0.25) is 0 Å². The first-order valence-corrected chi connectivity index (χ1v) is 4.64. The van der Waals surface area contributed by atoms with Gasteiger partial charge in [-0.25, -0.2) is 0 Å². The first-order valence-electron chi connectivity index (χ1n) is 4.64. The van der Waals surface area contributed by atoms with Gasteiger partial charge < -0.3 is 5.32 Å². The topological polar surface area (TPSA) is 12.0 Å². The van der Waals surface area contributed by atoms with E-state index in [1.165, 1.54) is 13.1 Å². The van der Waals surface area contributed by atoms with E-state index in [0.29, 0.717) is 0 Å². The molecule has 0 aromatic carbocycles. The molecule has 2 atom stereocenters. The van der Waals surface area contributed by atoms with E-state index >= 15 is 0 Å². The summed E-state index contributed by atoms with van der Waals surface area (Å²) in [6, 6.07) is 0. The molecule has 0 radical (unpaired) electrons. The Labute approximate surface area is 62.2 Å². The van der Waals surface area contributed by atoms with Gasteiger partial charge in [0.1, 0.15) is 0 Å². The Morgan fingerprint density at radius 1 is 0.900 bits per heavy atom. The van der Waals surface area contributed by atoms with Crippen LogP contribution in [0.3, 0.4) is 0 Å². The number of hydrogen-bond donors (Lipinski definition) is 1. The third-order valence-corrected chi connectivity index (χ3v) is 3.90. The predicted molar refractivity (Wildman–Crippen MR) is 40.7 cm³/mol. The van der Waals surface area contributed by atoms with Crippen molar-refractivity contribution < 1.29 is 0 Å². The molecular weight excluding hydrogens is 122 g/mol. The number of nitrogens with one attached hydrogen (secondary N) is 1. The number of hydrogen-bond acceptors (Lipinski definition) is 1. The Kier molecular flexibility index (Phi) is 0.984. The third-order valence-electron chi connectivity index (χ3n) is 3.90. The molecule has 3 fully saturated rings. The van der Waals surface area contributed by atoms with Crippen LogP contribution in [0.25, 0.3) is 0 Å². The minimum Gasteiger partial charge on any atom is -0.316 e. The number of rotatable bonds is 0. The summed E-state index contributed by atoms with van der Waals surface area (Å²) in [7, 11) is 0. The normalized spacial score (nSPS) is 57.6. The van der Waals surface area contributed by atoms with E-state index in [9.17, 15) is 0 Å². The van der Waals surface area contributed by atoms with Crippen molar-refractivity contribution >= 4 is 0 Å². The highest BCUT2D eigenvalue weighted by Gasteiger charge is 2.47. The van der Waals surface area contributed by atoms with Crippen LogP contribution >= 0.6 is 0 Å². The Hall–Kier alpha value is -0.0400. The molecule has 56 valence electrons. The van der Waals surface area contributed by atoms with Crippen molar-refractivity contribution in [3.05, 3.63) is 0 Å². The van der Waals surface area contributed by atoms with Crippen LogP contribution in [0.1, 0.15) is 19.3 Å². The average Bonchev–Trinajstić information content (AvgIpc) is 2.40. The van der Waals surface area contributed by atoms with Crippen molar-refractivity contribution in [1.29, 1.82) is 0 Å². The molecule has 1 nitrogen and oxygen atoms in total. The molecular formula is C9H15N. The second kappa shape index (κ2) is 1.76. The van der Waals surface area contributed by atoms with E-state index in [2.05, 4.69) is 5.32 Å². The first kappa shape index (κ1) is 5.59. The second-order valence-electron chi connectivity index (χ2n) is 4.42. The van der Waals surface area contributed by atoms with E-state index < -0.39 is 0 Å². The van der Waals surface area contributed by atoms with Crippen molar-refractivity contribution in [2.75, 3.05) is 13.1 Å². The van der Waals surface area contributed by atoms with Crippen LogP contribution in [0.15, 0.2) is 0 Å². The molecule has 1 N–H and O–H groups in total. The molecule has 1 aliphatic heterocycles. The smallest absolute Gasteiger partial charge is 0.00175 e. The largest absolute Gasteiger partial charge is 0.316 e. The Balaban J connectivity index is 1.91. The molecule has 10 heavy (non-hydrogen) atoms. The molecule has 1 heterocycles. The lowest BCUT2D eigenvalue weighted by Gasteiger charge is -2.35. The maximum absolute atomic E-state index is 3.54. The Morgan fingerprint density at radius 2 is 1.60 bits per heavy atom. The molecule has 0 aromatic rings. The first-order chi connectivity index (χ1) is 4.93. The van der Waals surface area contributed by atoms with Gasteiger partial charge in [0.25, 0.3) is 0 Å². The Morgan fingerprint density at radius 3 is 2.10 bits per heavy atom. The quantitative estimate of drug-likeness (QED) is 0.530. The summed E-state index contributed by atoms with van der Waals surface area (Å²) < 4.78 is 0. The van der Waals surface area contributed by atoms with Gasteiger partial charge in [-0.15, -0.1) is 0 Å². The van der Waals surface area contributed by atoms with E-state index in [4.69, 9.17) is 0 Å². The van der Waals surface area contributed by atoms with Crippen LogP contribution < -0.4 is 5.32 Å². The molecule has 2 saturated carbocycles. The number of piperidine rings is 1. The van der Waals surface area contributed by atoms with Crippen molar-refractivity contribution in [2.45, 2.75) is 19.3 Å². The Bertz CT molecular complexity index is 138. The summed E-state index contributed by atoms with van der Waals surface area (Å²) in [5.74, 6) is 4.45. The molecule has 2 bridgehead atoms. The molecule has 0 amide bonds. The van der Waals surface area contributed by atoms with Gasteiger partial charge in [0.2, 0.25) is 0 Å². The van der Waals surface area contributed by atoms with Crippen LogP contribution in [0.5, 0.6) is 0 Å². The van der Waals surface area contributed by atoms with E-state index in [1.807, 2.05) is 0 Å². The minimum atomic E-state index is 1.08. The van der Waals surface area contributed by atoms with E-state index in [1.54, 1.807) is 19.3 Å². The highest BCUT2D eigenvalue weighted by Crippen LogP contribution is 2.52. The van der Waals surface area contributed by atoms with Crippen molar-refractivity contribution in [3.8, 4) is 0 Å². The fraction of sp³-hybridized carbons (Fsp3) is 1.00. The zero-order valence-corrected chi connectivity index (χ0v) is 6.34. The zero-order chi connectivity index (χ0) is 6.55. The summed E-state index contributed by atoms with van der Waals surface area (Å²) >= 11 is 0. The fourth-order valence-corrected chi connectivity index (χ4v) is 3.57. The monoisotopic (exact) mass is 137 g/mol. The van der Waals surface area contributed by atoms with Gasteiger partial charge >= 0.3 is 0 Å². The van der Waals surface area contributed by atoms with Crippen LogP contribution in [0, 0.1) is 23.7 Å². The van der Waals surface area contributed by atoms with Crippen molar-refractivity contribution in [1.82, 2.24) is 5.32 Å². The van der Waals surface area contributed by atoms with Crippen LogP contribution in [-0.2, 0) is 0 Å². The molecule has 3 aliphatic rings. The predicted octanol–water partition coefficient (Wildman–Crippen LogP) is 1.25. The van der Waals surface area contributed by atoms with Crippen molar-refractivity contribution in [3.63, 3.8) is 0 Å². The average molecular weight is 137 g/mol. The highest BCUT2D eigenvalue weighted by molar-refractivity contribution is 4.99. The number of fused-ring (bicyclic) bond motifs is 1. The van der Waals surface area contributed by atoms with Gasteiger partial charge in [-0.05, 0) is 56.0 Å². The lowest BCUT2D eigenvalue weighted by atomic mass is 9.78. The van der Waals surface area contributed by atoms with Gasteiger partial charge in [0, 0.05) is 0 Å². The minimum absolute atomic E-state index is 1.08. The zero-order valence-electron chi connectivity index (χ0n) is 6.34. The molecule has 3 rings (SSSR count). The molecule has 0 spiro atoms. The SMILES string of the molecule is C1NCC2CC3CC1C2C3. The maximum atomic E-state index is 3.54. The molecule has 1 heteroatoms. The van der Waals surface area contributed by atoms with Gasteiger partial charge in [0.15, 0.2) is 0 Å². The van der Waals surface area contributed by atoms with Gasteiger partial charge in [0.05, 0.1) is 0 Å². The fourth-order valence-electron chi connectivity index (χ4n) is 3.57. The lowest BCUT2D eigenvalue weighted by molar-refractivity contribution is 0.181. The van der Waals surface area contributed by atoms with Gasteiger partial charge in [-0.1, -0.05) is 0 Å². The van der Waals surface area contributed by atoms with E-state index in [-0.39, 0.29) is 0 Å². The summed E-state index contributed by atoms with van der Waals surface area (Å²) in [5.41, 5.74) is 0. The van der Waals surface area contributed by atoms with Gasteiger partial charge in [-0.2, -0.15) is 0 Å². The van der Waals surface area contributed by atoms with E-state index in [0.717, 1.165) is 23.7 Å². The lowest BCUT2D eigenvalue weighted by Crippen LogP contribution is -2.41. The second-order valence-corrected chi connectivity index (χ2v) is 4.42. The van der Waals surface area contributed by atoms with Crippen LogP contribution in [-0.4, -0.2) is 13.1 Å². The summed E-state index contributed by atoms with van der Waals surface area (Å²) in [5, 5.41) is 3.54. The van der Waals surface area contributed by atoms with Crippen LogP contribution in [0.4, 0.5) is 0 Å². The highest BCUT2D eigenvalue weighted by atomic mass is 14.9. The molecule has 1 saturated heterocycles. The third kappa shape index (κ3) is 0.572. The summed E-state index contributed by atoms with van der Waals surface area (Å²) in [6.07, 6.45) is 4.68. The molecule has 0 aromatic heterocycles. The summed E-state index contributed by atoms with van der Waals surface area (Å²) in [6.45, 7) is 2.66.